The normalized spacial score (nSPS) is 21.4. The highest BCUT2D eigenvalue weighted by atomic mass is 16.2. The van der Waals surface area contributed by atoms with Crippen LogP contribution in [-0.2, 0) is 24.4 Å². The number of likely N-dealkylation sites (tertiary alicyclic amines) is 1. The smallest absolute Gasteiger partial charge is 0.242 e. The van der Waals surface area contributed by atoms with Gasteiger partial charge in [0.15, 0.2) is 0 Å². The van der Waals surface area contributed by atoms with Crippen LogP contribution in [0.25, 0.3) is 0 Å². The van der Waals surface area contributed by atoms with Gasteiger partial charge in [0, 0.05) is 37.7 Å². The van der Waals surface area contributed by atoms with Crippen molar-refractivity contribution in [1.82, 2.24) is 19.8 Å². The zero-order valence-corrected chi connectivity index (χ0v) is 18.3. The predicted molar refractivity (Wildman–Crippen MR) is 125 cm³/mol. The van der Waals surface area contributed by atoms with E-state index in [4.69, 9.17) is 4.99 Å². The summed E-state index contributed by atoms with van der Waals surface area (Å²) in [6.45, 7) is 4.84. The fourth-order valence-electron chi connectivity index (χ4n) is 4.51. The van der Waals surface area contributed by atoms with Gasteiger partial charge in [-0.3, -0.25) is 15.1 Å². The molecule has 1 aromatic heterocycles. The molecular weight excluding hydrogens is 400 g/mol. The van der Waals surface area contributed by atoms with Crippen molar-refractivity contribution < 1.29 is 4.79 Å². The predicted octanol–water partition coefficient (Wildman–Crippen LogP) is 2.98. The summed E-state index contributed by atoms with van der Waals surface area (Å²) < 4.78 is 1.90. The van der Waals surface area contributed by atoms with Gasteiger partial charge >= 0.3 is 0 Å². The molecule has 7 heteroatoms. The number of aliphatic imine (C=N–C) groups is 1. The Bertz CT molecular complexity index is 1140. The fraction of sp³-hybridized carbons (Fsp3) is 0.320. The zero-order valence-electron chi connectivity index (χ0n) is 18.3. The Balaban J connectivity index is 1.41. The number of amides is 1. The number of amidine groups is 1. The molecule has 0 unspecified atom stereocenters. The van der Waals surface area contributed by atoms with Crippen molar-refractivity contribution in [3.63, 3.8) is 0 Å². The molecule has 1 atom stereocenters. The summed E-state index contributed by atoms with van der Waals surface area (Å²) in [5.74, 6) is 1.86. The molecule has 0 aliphatic carbocycles. The first kappa shape index (κ1) is 20.5. The molecule has 1 amide bonds. The lowest BCUT2D eigenvalue weighted by Crippen LogP contribution is -2.55. The number of nitrogens with one attached hydrogen (secondary N) is 2. The third-order valence-corrected chi connectivity index (χ3v) is 6.45. The summed E-state index contributed by atoms with van der Waals surface area (Å²) in [6, 6.07) is 18.6. The van der Waals surface area contributed by atoms with Crippen LogP contribution in [0.1, 0.15) is 23.4 Å². The lowest BCUT2D eigenvalue weighted by Gasteiger charge is -2.30. The second-order valence-corrected chi connectivity index (χ2v) is 8.54. The van der Waals surface area contributed by atoms with E-state index >= 15 is 0 Å². The highest BCUT2D eigenvalue weighted by Crippen LogP contribution is 2.30. The minimum absolute atomic E-state index is 0.106. The number of anilines is 1. The van der Waals surface area contributed by atoms with Crippen molar-refractivity contribution in [2.45, 2.75) is 38.5 Å². The Morgan fingerprint density at radius 3 is 2.78 bits per heavy atom. The van der Waals surface area contributed by atoms with E-state index in [1.54, 1.807) is 6.20 Å². The van der Waals surface area contributed by atoms with Crippen molar-refractivity contribution >= 4 is 17.4 Å². The lowest BCUT2D eigenvalue weighted by atomic mass is 9.96. The van der Waals surface area contributed by atoms with Crippen molar-refractivity contribution in [2.24, 2.45) is 4.99 Å². The van der Waals surface area contributed by atoms with Crippen molar-refractivity contribution in [3.8, 4) is 0 Å². The molecule has 0 bridgehead atoms. The second-order valence-electron chi connectivity index (χ2n) is 8.54. The van der Waals surface area contributed by atoms with Crippen LogP contribution in [0, 0.1) is 6.92 Å². The number of carbonyl (C=O) groups excluding carboxylic acids is 1. The summed E-state index contributed by atoms with van der Waals surface area (Å²) in [5, 5.41) is 7.36. The van der Waals surface area contributed by atoms with E-state index in [2.05, 4.69) is 45.9 Å². The number of nitrogens with zero attached hydrogens (tertiary/aromatic N) is 4. The third-order valence-electron chi connectivity index (χ3n) is 6.45. The summed E-state index contributed by atoms with van der Waals surface area (Å²) >= 11 is 0. The minimum atomic E-state index is -0.395. The first-order chi connectivity index (χ1) is 15.6. The number of carbonyl (C=O) groups is 1. The summed E-state index contributed by atoms with van der Waals surface area (Å²) in [4.78, 5) is 24.3. The van der Waals surface area contributed by atoms with Gasteiger partial charge in [0.05, 0.1) is 12.1 Å². The molecular formula is C25H28N6O. The van der Waals surface area contributed by atoms with Crippen LogP contribution in [0.5, 0.6) is 0 Å². The molecule has 1 fully saturated rings. The monoisotopic (exact) mass is 428 g/mol. The number of aryl methyl sites for hydroxylation is 1. The van der Waals surface area contributed by atoms with E-state index in [0.29, 0.717) is 26.2 Å². The average molecular weight is 429 g/mol. The van der Waals surface area contributed by atoms with Crippen LogP contribution >= 0.6 is 0 Å². The van der Waals surface area contributed by atoms with Gasteiger partial charge in [0.2, 0.25) is 5.91 Å². The third kappa shape index (κ3) is 4.03. The van der Waals surface area contributed by atoms with Gasteiger partial charge in [0.1, 0.15) is 18.2 Å². The molecule has 32 heavy (non-hydrogen) atoms. The molecule has 3 heterocycles. The van der Waals surface area contributed by atoms with Crippen molar-refractivity contribution in [2.75, 3.05) is 18.4 Å². The topological polar surface area (TPSA) is 74.6 Å². The van der Waals surface area contributed by atoms with Gasteiger partial charge in [-0.05, 0) is 30.5 Å². The molecule has 0 saturated carbocycles. The number of hydrogen-bond acceptors (Lipinski definition) is 4. The van der Waals surface area contributed by atoms with E-state index in [1.807, 2.05) is 46.9 Å². The van der Waals surface area contributed by atoms with Crippen molar-refractivity contribution in [1.29, 1.82) is 0 Å². The van der Waals surface area contributed by atoms with Gasteiger partial charge in [-0.25, -0.2) is 4.98 Å². The number of para-hydroxylation sites is 1. The van der Waals surface area contributed by atoms with Crippen LogP contribution < -0.4 is 10.6 Å². The average Bonchev–Trinajstić information content (AvgIpc) is 3.39. The number of hydrogen-bond donors (Lipinski definition) is 2. The van der Waals surface area contributed by atoms with Crippen LogP contribution in [-0.4, -0.2) is 44.8 Å². The zero-order chi connectivity index (χ0) is 22.0. The molecule has 2 aliphatic heterocycles. The van der Waals surface area contributed by atoms with Gasteiger partial charge in [0.25, 0.3) is 0 Å². The fourth-order valence-corrected chi connectivity index (χ4v) is 4.51. The molecule has 0 radical (unpaired) electrons. The molecule has 2 N–H and O–H groups in total. The Labute approximate surface area is 188 Å². The van der Waals surface area contributed by atoms with Crippen molar-refractivity contribution in [3.05, 3.63) is 83.9 Å². The van der Waals surface area contributed by atoms with E-state index < -0.39 is 5.54 Å². The van der Waals surface area contributed by atoms with Crippen LogP contribution in [0.15, 0.2) is 72.0 Å². The van der Waals surface area contributed by atoms with Crippen LogP contribution in [0.4, 0.5) is 5.69 Å². The van der Waals surface area contributed by atoms with E-state index in [0.717, 1.165) is 35.9 Å². The molecule has 2 aliphatic rings. The minimum Gasteiger partial charge on any atom is -0.342 e. The summed E-state index contributed by atoms with van der Waals surface area (Å²) in [7, 11) is 0. The maximum absolute atomic E-state index is 13.1. The summed E-state index contributed by atoms with van der Waals surface area (Å²) in [5.41, 5.74) is 3.04. The first-order valence-corrected chi connectivity index (χ1v) is 11.1. The van der Waals surface area contributed by atoms with Gasteiger partial charge in [-0.1, -0.05) is 48.5 Å². The molecule has 7 nitrogen and oxygen atoms in total. The second kappa shape index (κ2) is 8.59. The Morgan fingerprint density at radius 2 is 1.97 bits per heavy atom. The van der Waals surface area contributed by atoms with Gasteiger partial charge in [-0.2, -0.15) is 0 Å². The Hall–Kier alpha value is -3.45. The SMILES string of the molecule is Cc1nccn1CC(=O)N1CC[C@@]2(C1)NCc1ccccc1NC2=NCc1ccccc1. The Morgan fingerprint density at radius 1 is 1.16 bits per heavy atom. The van der Waals surface area contributed by atoms with Gasteiger partial charge in [-0.15, -0.1) is 0 Å². The maximum atomic E-state index is 13.1. The highest BCUT2D eigenvalue weighted by molar-refractivity contribution is 6.04. The summed E-state index contributed by atoms with van der Waals surface area (Å²) in [6.07, 6.45) is 4.40. The number of rotatable bonds is 4. The number of aromatic nitrogens is 2. The highest BCUT2D eigenvalue weighted by Gasteiger charge is 2.45. The molecule has 1 saturated heterocycles. The first-order valence-electron chi connectivity index (χ1n) is 11.1. The van der Waals surface area contributed by atoms with Crippen LogP contribution in [0.2, 0.25) is 0 Å². The molecule has 164 valence electrons. The Kier molecular flexibility index (Phi) is 5.49. The van der Waals surface area contributed by atoms with E-state index in [-0.39, 0.29) is 5.91 Å². The number of imidazole rings is 1. The van der Waals surface area contributed by atoms with Gasteiger partial charge < -0.3 is 14.8 Å². The quantitative estimate of drug-likeness (QED) is 0.670. The standard InChI is InChI=1S/C25H28N6O/c1-19-26-12-14-30(19)17-23(32)31-13-11-25(18-31)24(27-15-20-7-3-2-4-8-20)29-22-10-6-5-9-21(22)16-28-25/h2-10,12,14,28H,11,13,15-18H2,1H3,(H,27,29)/t25-/m0/s1. The molecule has 2 aromatic carbocycles. The maximum Gasteiger partial charge on any atom is 0.242 e. The number of fused-ring (bicyclic) bond motifs is 1. The molecule has 3 aromatic rings. The van der Waals surface area contributed by atoms with Crippen LogP contribution in [0.3, 0.4) is 0 Å². The number of benzene rings is 2. The molecule has 5 rings (SSSR count). The largest absolute Gasteiger partial charge is 0.342 e. The van der Waals surface area contributed by atoms with E-state index in [9.17, 15) is 4.79 Å². The van der Waals surface area contributed by atoms with E-state index in [1.165, 1.54) is 5.56 Å². The lowest BCUT2D eigenvalue weighted by molar-refractivity contribution is -0.130. The molecule has 1 spiro atoms.